The monoisotopic (exact) mass is 458 g/mol. The van der Waals surface area contributed by atoms with E-state index in [1.54, 1.807) is 0 Å². The predicted molar refractivity (Wildman–Crippen MR) is 77.1 cm³/mol. The maximum atomic E-state index is 11.7. The highest BCUT2D eigenvalue weighted by Gasteiger charge is 2.20. The Kier molecular flexibility index (Phi) is 38.3. The molecular formula is C12H19F9N2O6. The minimum absolute atomic E-state index is 0.0107. The highest BCUT2D eigenvalue weighted by molar-refractivity contribution is 5.83. The normalized spacial score (nSPS) is 10.1. The Morgan fingerprint density at radius 1 is 0.828 bits per heavy atom. The topological polar surface area (TPSA) is 111 Å². The summed E-state index contributed by atoms with van der Waals surface area (Å²) in [6.45, 7) is 2.23. The van der Waals surface area contributed by atoms with E-state index in [0.717, 1.165) is 5.54 Å². The number of carbonyl (C=O) groups is 4. The lowest BCUT2D eigenvalue weighted by Crippen LogP contribution is -2.28. The minimum Gasteiger partial charge on any atom is -0.460 e. The first-order chi connectivity index (χ1) is 13.8. The Morgan fingerprint density at radius 2 is 1.28 bits per heavy atom. The van der Waals surface area contributed by atoms with Gasteiger partial charge in [0.1, 0.15) is 6.10 Å². The average molecular weight is 458 g/mol. The number of hydrogen-bond acceptors (Lipinski definition) is 6. The van der Waals surface area contributed by atoms with Crippen molar-refractivity contribution in [3.05, 3.63) is 0 Å². The number of carbonyl (C=O) groups excluding carboxylic acids is 4. The first-order valence-corrected chi connectivity index (χ1v) is 6.83. The molecule has 0 rings (SSSR count). The summed E-state index contributed by atoms with van der Waals surface area (Å²) in [5.41, 5.74) is 0.889. The maximum Gasteiger partial charge on any atom is 0.344 e. The predicted octanol–water partition coefficient (Wildman–Crippen LogP) is 2.99. The number of amides is 2. The van der Waals surface area contributed by atoms with Crippen LogP contribution < -0.4 is 10.9 Å². The molecule has 0 fully saturated rings. The van der Waals surface area contributed by atoms with Crippen LogP contribution in [0.5, 0.6) is 0 Å². The number of rotatable bonds is 8. The van der Waals surface area contributed by atoms with Gasteiger partial charge in [-0.15, -0.1) is 4.48 Å². The molecule has 176 valence electrons. The molecule has 0 aromatic carbocycles. The van der Waals surface area contributed by atoms with Gasteiger partial charge in [0, 0.05) is 50.1 Å². The fraction of sp³-hybridized carbons (Fsp3) is 0.667. The van der Waals surface area contributed by atoms with Gasteiger partial charge in [0.25, 0.3) is 0 Å². The van der Waals surface area contributed by atoms with Crippen LogP contribution in [0.15, 0.2) is 0 Å². The van der Waals surface area contributed by atoms with Gasteiger partial charge in [0.15, 0.2) is 6.61 Å². The zero-order valence-corrected chi connectivity index (χ0v) is 15.1. The van der Waals surface area contributed by atoms with Crippen molar-refractivity contribution in [2.75, 3.05) is 13.7 Å². The molecule has 0 aliphatic carbocycles. The van der Waals surface area contributed by atoms with E-state index in [-0.39, 0.29) is 12.3 Å². The van der Waals surface area contributed by atoms with Crippen LogP contribution in [-0.4, -0.2) is 43.5 Å². The number of ether oxygens (including phenoxy) is 2. The summed E-state index contributed by atoms with van der Waals surface area (Å²) in [4.78, 5) is 44.5. The van der Waals surface area contributed by atoms with Crippen LogP contribution in [0.4, 0.5) is 41.1 Å². The van der Waals surface area contributed by atoms with E-state index >= 15 is 0 Å². The lowest BCUT2D eigenvalue weighted by molar-refractivity contribution is -0.164. The van der Waals surface area contributed by atoms with E-state index in [9.17, 15) is 23.7 Å². The number of nitrogens with one attached hydrogen (secondary N) is 2. The van der Waals surface area contributed by atoms with E-state index in [2.05, 4.69) is 10.1 Å². The van der Waals surface area contributed by atoms with Crippen LogP contribution in [0.3, 0.4) is 0 Å². The highest BCUT2D eigenvalue weighted by Crippen LogP contribution is 2.05. The van der Waals surface area contributed by atoms with Gasteiger partial charge in [0.05, 0.1) is 12.3 Å². The van der Waals surface area contributed by atoms with E-state index < -0.39 is 42.9 Å². The molecule has 8 nitrogen and oxygen atoms in total. The summed E-state index contributed by atoms with van der Waals surface area (Å²) in [7, 11) is 1.45. The molecule has 29 heavy (non-hydrogen) atoms. The van der Waals surface area contributed by atoms with Gasteiger partial charge in [-0.25, -0.2) is 4.79 Å². The summed E-state index contributed by atoms with van der Waals surface area (Å²) >= 11 is 0. The van der Waals surface area contributed by atoms with Crippen LogP contribution in [0, 0.1) is 5.92 Å². The van der Waals surface area contributed by atoms with Crippen LogP contribution in [0.25, 0.3) is 0 Å². The Labute approximate surface area is 158 Å². The fourth-order valence-corrected chi connectivity index (χ4v) is 1.34. The van der Waals surface area contributed by atoms with Crippen molar-refractivity contribution in [3.8, 4) is 0 Å². The van der Waals surface area contributed by atoms with Crippen molar-refractivity contribution < 1.29 is 69.7 Å². The molecule has 2 amide bonds. The van der Waals surface area contributed by atoms with Crippen LogP contribution >= 0.6 is 0 Å². The second-order valence-electron chi connectivity index (χ2n) is 4.41. The van der Waals surface area contributed by atoms with Gasteiger partial charge in [-0.3, -0.25) is 14.4 Å². The third kappa shape index (κ3) is 27.6. The largest absolute Gasteiger partial charge is 0.460 e. The zero-order valence-electron chi connectivity index (χ0n) is 15.1. The standard InChI is InChI=1S/C12H19FN2O6.4F2/c1-7(4-10(17)15-13)12(19)20-6-11(18)21-8(2)5-9(16)14-3;4*1-2/h7-8H,4-6H2,1-3H3,(H,14,16)(H,15,17);;;;. The smallest absolute Gasteiger partial charge is 0.344 e. The Bertz CT molecular complexity index is 421. The second-order valence-corrected chi connectivity index (χ2v) is 4.41. The SMILES string of the molecule is CNC(=O)CC(C)OC(=O)COC(=O)C(C)CC(=O)NF.FF.FF.FF.FF. The van der Waals surface area contributed by atoms with Gasteiger partial charge in [-0.1, -0.05) is 6.92 Å². The second kappa shape index (κ2) is 30.0. The summed E-state index contributed by atoms with van der Waals surface area (Å²) in [5, 5.41) is 2.37. The minimum atomic E-state index is -0.957. The summed E-state index contributed by atoms with van der Waals surface area (Å²) in [6, 6.07) is 0. The molecule has 0 aromatic rings. The number of hydrogen-bond donors (Lipinski definition) is 2. The van der Waals surface area contributed by atoms with Crippen molar-refractivity contribution in [3.63, 3.8) is 0 Å². The lowest BCUT2D eigenvalue weighted by atomic mass is 10.1. The molecule has 2 atom stereocenters. The van der Waals surface area contributed by atoms with Gasteiger partial charge < -0.3 is 14.8 Å². The summed E-state index contributed by atoms with van der Waals surface area (Å²) in [6.07, 6.45) is -1.06. The first-order valence-electron chi connectivity index (χ1n) is 6.83. The Hall–Kier alpha value is -2.75. The Balaban J connectivity index is -0.000000212. The van der Waals surface area contributed by atoms with Crippen LogP contribution in [0.1, 0.15) is 26.7 Å². The van der Waals surface area contributed by atoms with E-state index in [1.165, 1.54) is 20.9 Å². The third-order valence-corrected chi connectivity index (χ3v) is 2.42. The molecule has 0 spiro atoms. The van der Waals surface area contributed by atoms with Crippen molar-refractivity contribution in [1.29, 1.82) is 0 Å². The lowest BCUT2D eigenvalue weighted by Gasteiger charge is -2.13. The van der Waals surface area contributed by atoms with Crippen molar-refractivity contribution in [2.45, 2.75) is 32.8 Å². The number of esters is 2. The third-order valence-electron chi connectivity index (χ3n) is 2.42. The zero-order chi connectivity index (χ0) is 24.4. The molecule has 0 bridgehead atoms. The fourth-order valence-electron chi connectivity index (χ4n) is 1.34. The van der Waals surface area contributed by atoms with Crippen LogP contribution in [-0.2, 0) is 28.7 Å². The first kappa shape index (κ1) is 37.1. The van der Waals surface area contributed by atoms with Crippen molar-refractivity contribution in [1.82, 2.24) is 10.9 Å². The molecule has 2 N–H and O–H groups in total. The molecule has 0 saturated heterocycles. The molecule has 17 heteroatoms. The average Bonchev–Trinajstić information content (AvgIpc) is 2.77. The van der Waals surface area contributed by atoms with Crippen molar-refractivity contribution >= 4 is 23.8 Å². The van der Waals surface area contributed by atoms with Crippen LogP contribution in [0.2, 0.25) is 0 Å². The number of halogens is 9. The quantitative estimate of drug-likeness (QED) is 0.329. The molecule has 0 aliphatic heterocycles. The molecule has 0 saturated carbocycles. The molecule has 0 aliphatic rings. The summed E-state index contributed by atoms with van der Waals surface area (Å²) in [5.74, 6) is -3.78. The van der Waals surface area contributed by atoms with Gasteiger partial charge in [-0.2, -0.15) is 5.54 Å². The van der Waals surface area contributed by atoms with Gasteiger partial charge in [-0.05, 0) is 6.92 Å². The summed E-state index contributed by atoms with van der Waals surface area (Å²) < 4.78 is 85.2. The molecule has 2 unspecified atom stereocenters. The van der Waals surface area contributed by atoms with Gasteiger partial charge >= 0.3 is 11.9 Å². The van der Waals surface area contributed by atoms with E-state index in [1.807, 2.05) is 0 Å². The molecule has 0 heterocycles. The molecule has 0 radical (unpaired) electrons. The molecular weight excluding hydrogens is 439 g/mol. The van der Waals surface area contributed by atoms with Gasteiger partial charge in [0.2, 0.25) is 11.8 Å². The Morgan fingerprint density at radius 3 is 1.66 bits per heavy atom. The van der Waals surface area contributed by atoms with E-state index in [0.29, 0.717) is 0 Å². The highest BCUT2D eigenvalue weighted by atomic mass is 20.0. The maximum absolute atomic E-state index is 11.7. The van der Waals surface area contributed by atoms with Crippen molar-refractivity contribution in [2.24, 2.45) is 5.92 Å². The molecule has 0 aromatic heterocycles. The van der Waals surface area contributed by atoms with E-state index in [4.69, 9.17) is 41.3 Å².